The molecule has 0 aromatic carbocycles. The van der Waals surface area contributed by atoms with Gasteiger partial charge in [-0.1, -0.05) is 22.6 Å². The number of fused-ring (bicyclic) bond motifs is 1. The molecule has 16 heavy (non-hydrogen) atoms. The molecule has 4 nitrogen and oxygen atoms in total. The van der Waals surface area contributed by atoms with Crippen molar-refractivity contribution in [3.05, 3.63) is 23.5 Å². The number of anilines is 1. The molecule has 1 N–H and O–H groups in total. The predicted octanol–water partition coefficient (Wildman–Crippen LogP) is 1.92. The van der Waals surface area contributed by atoms with Crippen molar-refractivity contribution in [2.75, 3.05) is 12.4 Å². The number of hydrogen-bond donors (Lipinski definition) is 1. The third-order valence-electron chi connectivity index (χ3n) is 2.55. The number of nitrogens with zero attached hydrogens (tertiary/aromatic N) is 1. The number of carbonyl (C=O) groups excluding carboxylic acids is 1. The number of alkyl halides is 1. The number of carbonyl (C=O) groups is 1. The van der Waals surface area contributed by atoms with Crippen LogP contribution in [-0.4, -0.2) is 21.9 Å². The first-order valence-electron chi connectivity index (χ1n) is 5.12. The van der Waals surface area contributed by atoms with E-state index in [4.69, 9.17) is 4.74 Å². The van der Waals surface area contributed by atoms with Gasteiger partial charge in [-0.15, -0.1) is 0 Å². The van der Waals surface area contributed by atoms with Crippen molar-refractivity contribution in [3.8, 4) is 0 Å². The highest BCUT2D eigenvalue weighted by Gasteiger charge is 2.21. The quantitative estimate of drug-likeness (QED) is 0.665. The summed E-state index contributed by atoms with van der Waals surface area (Å²) in [5.74, 6) is 0.0700. The highest BCUT2D eigenvalue weighted by atomic mass is 127. The first kappa shape index (κ1) is 11.8. The summed E-state index contributed by atoms with van der Waals surface area (Å²) < 4.78 is 5.08. The van der Waals surface area contributed by atoms with Gasteiger partial charge in [-0.25, -0.2) is 0 Å². The second kappa shape index (κ2) is 5.09. The maximum Gasteiger partial charge on any atom is 0.237 e. The van der Waals surface area contributed by atoms with E-state index in [1.807, 2.05) is 6.07 Å². The molecular weight excluding hydrogens is 319 g/mol. The highest BCUT2D eigenvalue weighted by Crippen LogP contribution is 2.24. The van der Waals surface area contributed by atoms with E-state index in [0.717, 1.165) is 29.8 Å². The summed E-state index contributed by atoms with van der Waals surface area (Å²) in [4.78, 5) is 15.9. The molecule has 2 heterocycles. The van der Waals surface area contributed by atoms with E-state index in [2.05, 4.69) is 32.9 Å². The zero-order chi connectivity index (χ0) is 11.5. The SMILES string of the molecule is COCc1cc2c(cn1)NC(=O)C(I)CC2. The van der Waals surface area contributed by atoms with Crippen molar-refractivity contribution in [3.63, 3.8) is 0 Å². The molecule has 1 amide bonds. The largest absolute Gasteiger partial charge is 0.378 e. The number of hydrogen-bond acceptors (Lipinski definition) is 3. The first-order chi connectivity index (χ1) is 7.70. The monoisotopic (exact) mass is 332 g/mol. The van der Waals surface area contributed by atoms with Crippen LogP contribution in [0.3, 0.4) is 0 Å². The minimum Gasteiger partial charge on any atom is -0.378 e. The van der Waals surface area contributed by atoms with E-state index < -0.39 is 0 Å². The second-order valence-electron chi connectivity index (χ2n) is 3.76. The van der Waals surface area contributed by atoms with Crippen molar-refractivity contribution in [2.24, 2.45) is 0 Å². The number of nitrogens with one attached hydrogen (secondary N) is 1. The average molecular weight is 332 g/mol. The van der Waals surface area contributed by atoms with Crippen molar-refractivity contribution in [2.45, 2.75) is 23.4 Å². The molecule has 0 spiro atoms. The van der Waals surface area contributed by atoms with Gasteiger partial charge >= 0.3 is 0 Å². The molecule has 86 valence electrons. The topological polar surface area (TPSA) is 51.2 Å². The van der Waals surface area contributed by atoms with Gasteiger partial charge in [0.2, 0.25) is 5.91 Å². The number of rotatable bonds is 2. The summed E-state index contributed by atoms with van der Waals surface area (Å²) >= 11 is 2.17. The lowest BCUT2D eigenvalue weighted by molar-refractivity contribution is -0.115. The number of amides is 1. The Labute approximate surface area is 108 Å². The highest BCUT2D eigenvalue weighted by molar-refractivity contribution is 14.1. The molecule has 2 rings (SSSR count). The van der Waals surface area contributed by atoms with Crippen LogP contribution in [0.5, 0.6) is 0 Å². The summed E-state index contributed by atoms with van der Waals surface area (Å²) in [7, 11) is 1.65. The molecule has 0 saturated heterocycles. The smallest absolute Gasteiger partial charge is 0.237 e. The summed E-state index contributed by atoms with van der Waals surface area (Å²) in [5.41, 5.74) is 2.89. The molecule has 0 radical (unpaired) electrons. The van der Waals surface area contributed by atoms with Crippen molar-refractivity contribution < 1.29 is 9.53 Å². The fraction of sp³-hybridized carbons (Fsp3) is 0.455. The van der Waals surface area contributed by atoms with Gasteiger partial charge in [0.25, 0.3) is 0 Å². The summed E-state index contributed by atoms with van der Waals surface area (Å²) in [5, 5.41) is 2.89. The van der Waals surface area contributed by atoms with Crippen molar-refractivity contribution in [1.29, 1.82) is 0 Å². The zero-order valence-electron chi connectivity index (χ0n) is 9.00. The molecule has 1 aromatic heterocycles. The van der Waals surface area contributed by atoms with Gasteiger partial charge in [0.1, 0.15) is 0 Å². The third-order valence-corrected chi connectivity index (χ3v) is 3.74. The van der Waals surface area contributed by atoms with Crippen LogP contribution < -0.4 is 5.32 Å². The van der Waals surface area contributed by atoms with Crippen LogP contribution in [-0.2, 0) is 22.6 Å². The molecule has 5 heteroatoms. The van der Waals surface area contributed by atoms with Crippen LogP contribution in [0, 0.1) is 0 Å². The second-order valence-corrected chi connectivity index (χ2v) is 5.26. The maximum absolute atomic E-state index is 11.6. The Morgan fingerprint density at radius 2 is 2.50 bits per heavy atom. The van der Waals surface area contributed by atoms with Crippen molar-refractivity contribution in [1.82, 2.24) is 4.98 Å². The van der Waals surface area contributed by atoms with E-state index in [1.165, 1.54) is 0 Å². The van der Waals surface area contributed by atoms with Gasteiger partial charge in [0.05, 0.1) is 28.1 Å². The maximum atomic E-state index is 11.6. The summed E-state index contributed by atoms with van der Waals surface area (Å²) in [6.07, 6.45) is 3.49. The Balaban J connectivity index is 2.27. The van der Waals surface area contributed by atoms with Gasteiger partial charge in [0, 0.05) is 7.11 Å². The zero-order valence-corrected chi connectivity index (χ0v) is 11.2. The molecule has 1 atom stereocenters. The van der Waals surface area contributed by atoms with Gasteiger partial charge in [0.15, 0.2) is 0 Å². The third kappa shape index (κ3) is 2.52. The Bertz CT molecular complexity index is 409. The predicted molar refractivity (Wildman–Crippen MR) is 69.7 cm³/mol. The molecule has 1 unspecified atom stereocenters. The lowest BCUT2D eigenvalue weighted by Gasteiger charge is -2.07. The fourth-order valence-corrected chi connectivity index (χ4v) is 2.18. The molecule has 1 aliphatic rings. The normalized spacial score (nSPS) is 19.9. The Hall–Kier alpha value is -0.690. The number of ether oxygens (including phenoxy) is 1. The van der Waals surface area contributed by atoms with Gasteiger partial charge in [-0.05, 0) is 24.5 Å². The average Bonchev–Trinajstić information content (AvgIpc) is 2.41. The standard InChI is InChI=1S/C11H13IN2O2/c1-16-6-8-4-7-2-3-9(12)11(15)14-10(7)5-13-8/h4-5,9H,2-3,6H2,1H3,(H,14,15). The van der Waals surface area contributed by atoms with E-state index >= 15 is 0 Å². The lowest BCUT2D eigenvalue weighted by atomic mass is 10.1. The lowest BCUT2D eigenvalue weighted by Crippen LogP contribution is -2.20. The number of aromatic nitrogens is 1. The fourth-order valence-electron chi connectivity index (χ4n) is 1.72. The minimum atomic E-state index is 0.0378. The van der Waals surface area contributed by atoms with Crippen LogP contribution in [0.25, 0.3) is 0 Å². The molecule has 0 fully saturated rings. The van der Waals surface area contributed by atoms with E-state index in [0.29, 0.717) is 6.61 Å². The number of halogens is 1. The Morgan fingerprint density at radius 3 is 3.25 bits per heavy atom. The Morgan fingerprint density at radius 1 is 1.69 bits per heavy atom. The van der Waals surface area contributed by atoms with Crippen LogP contribution in [0.4, 0.5) is 5.69 Å². The van der Waals surface area contributed by atoms with Crippen molar-refractivity contribution >= 4 is 34.2 Å². The van der Waals surface area contributed by atoms with E-state index in [9.17, 15) is 4.79 Å². The minimum absolute atomic E-state index is 0.0378. The van der Waals surface area contributed by atoms with Crippen LogP contribution in [0.1, 0.15) is 17.7 Å². The number of aryl methyl sites for hydroxylation is 1. The molecule has 1 aliphatic heterocycles. The molecule has 0 aliphatic carbocycles. The van der Waals surface area contributed by atoms with Crippen LogP contribution in [0.2, 0.25) is 0 Å². The van der Waals surface area contributed by atoms with Crippen LogP contribution in [0.15, 0.2) is 12.3 Å². The molecule has 1 aromatic rings. The molecular formula is C11H13IN2O2. The van der Waals surface area contributed by atoms with Gasteiger partial charge in [-0.2, -0.15) is 0 Å². The first-order valence-corrected chi connectivity index (χ1v) is 6.37. The molecule has 0 bridgehead atoms. The molecule has 0 saturated carbocycles. The van der Waals surface area contributed by atoms with Gasteiger partial charge in [-0.3, -0.25) is 9.78 Å². The number of methoxy groups -OCH3 is 1. The van der Waals surface area contributed by atoms with Crippen LogP contribution >= 0.6 is 22.6 Å². The number of pyridine rings is 1. The van der Waals surface area contributed by atoms with E-state index in [1.54, 1.807) is 13.3 Å². The van der Waals surface area contributed by atoms with E-state index in [-0.39, 0.29) is 9.83 Å². The summed E-state index contributed by atoms with van der Waals surface area (Å²) in [6.45, 7) is 0.509. The van der Waals surface area contributed by atoms with Gasteiger partial charge < -0.3 is 10.1 Å². The summed E-state index contributed by atoms with van der Waals surface area (Å²) in [6, 6.07) is 2.01. The Kier molecular flexibility index (Phi) is 3.75.